The number of pyridine rings is 1. The minimum Gasteiger partial charge on any atom is -0.494 e. The van der Waals surface area contributed by atoms with Gasteiger partial charge in [0.2, 0.25) is 11.8 Å². The zero-order valence-electron chi connectivity index (χ0n) is 24.1. The van der Waals surface area contributed by atoms with Gasteiger partial charge in [-0.3, -0.25) is 9.59 Å². The summed E-state index contributed by atoms with van der Waals surface area (Å²) >= 11 is 0. The highest BCUT2D eigenvalue weighted by molar-refractivity contribution is 5.98. The number of carbonyl (C=O) groups excluding carboxylic acids is 2. The van der Waals surface area contributed by atoms with Gasteiger partial charge in [0.1, 0.15) is 22.7 Å². The quantitative estimate of drug-likeness (QED) is 0.329. The van der Waals surface area contributed by atoms with Crippen LogP contribution in [0.5, 0.6) is 5.75 Å². The lowest BCUT2D eigenvalue weighted by molar-refractivity contribution is -0.141. The molecule has 9 nitrogen and oxygen atoms in total. The summed E-state index contributed by atoms with van der Waals surface area (Å²) < 4.78 is 51.3. The van der Waals surface area contributed by atoms with Gasteiger partial charge in [0.25, 0.3) is 5.91 Å². The van der Waals surface area contributed by atoms with Crippen LogP contribution in [-0.4, -0.2) is 71.4 Å². The van der Waals surface area contributed by atoms with E-state index in [9.17, 15) is 22.8 Å². The van der Waals surface area contributed by atoms with Crippen molar-refractivity contribution in [1.29, 1.82) is 0 Å². The number of allylic oxidation sites excluding steroid dienone is 1. The first-order chi connectivity index (χ1) is 20.0. The van der Waals surface area contributed by atoms with Gasteiger partial charge >= 0.3 is 6.18 Å². The predicted octanol–water partition coefficient (Wildman–Crippen LogP) is 5.09. The normalized spacial score (nSPS) is 14.7. The van der Waals surface area contributed by atoms with E-state index in [2.05, 4.69) is 16.5 Å². The van der Waals surface area contributed by atoms with Crippen molar-refractivity contribution in [2.24, 2.45) is 11.7 Å². The van der Waals surface area contributed by atoms with Gasteiger partial charge in [0.05, 0.1) is 7.11 Å². The third-order valence-electron chi connectivity index (χ3n) is 7.29. The first-order valence-electron chi connectivity index (χ1n) is 14.0. The summed E-state index contributed by atoms with van der Waals surface area (Å²) in [5.74, 6) is 0.0964. The summed E-state index contributed by atoms with van der Waals surface area (Å²) in [5, 5.41) is 0.324. The van der Waals surface area contributed by atoms with Crippen LogP contribution in [-0.2, 0) is 17.4 Å². The van der Waals surface area contributed by atoms with E-state index in [-0.39, 0.29) is 59.3 Å². The van der Waals surface area contributed by atoms with Crippen molar-refractivity contribution in [3.63, 3.8) is 0 Å². The van der Waals surface area contributed by atoms with E-state index in [1.807, 2.05) is 13.8 Å². The monoisotopic (exact) mass is 587 g/mol. The maximum Gasteiger partial charge on any atom is 0.433 e. The minimum absolute atomic E-state index is 0.00918. The number of rotatable bonds is 10. The molecule has 1 aliphatic rings. The molecule has 1 unspecified atom stereocenters. The van der Waals surface area contributed by atoms with Crippen LogP contribution >= 0.6 is 0 Å². The fraction of sp³-hybridized carbons (Fsp3) is 0.467. The molecule has 2 N–H and O–H groups in total. The summed E-state index contributed by atoms with van der Waals surface area (Å²) in [5.41, 5.74) is 6.13. The number of hydrogen-bond donors (Lipinski definition) is 1. The van der Waals surface area contributed by atoms with E-state index in [1.165, 1.54) is 19.2 Å². The Labute approximate surface area is 242 Å². The Morgan fingerprint density at radius 3 is 2.40 bits per heavy atom. The van der Waals surface area contributed by atoms with Gasteiger partial charge in [-0.25, -0.2) is 9.97 Å². The SMILES string of the molecule is C=C(C)CC(CCC)C(=O)N1CCN(C(=O)c2nc(-c3ccc(OC)c4nc(C(F)(F)F)ccc34)oc2CCN)CC1. The van der Waals surface area contributed by atoms with Gasteiger partial charge in [-0.1, -0.05) is 18.9 Å². The number of nitrogens with two attached hydrogens (primary N) is 1. The van der Waals surface area contributed by atoms with Crippen LogP contribution in [0.2, 0.25) is 0 Å². The van der Waals surface area contributed by atoms with Gasteiger partial charge in [0.15, 0.2) is 5.69 Å². The second-order valence-corrected chi connectivity index (χ2v) is 10.5. The maximum atomic E-state index is 13.6. The summed E-state index contributed by atoms with van der Waals surface area (Å²) in [6.07, 6.45) is -2.09. The van der Waals surface area contributed by atoms with Crippen LogP contribution < -0.4 is 10.5 Å². The fourth-order valence-electron chi connectivity index (χ4n) is 5.26. The van der Waals surface area contributed by atoms with Crippen LogP contribution in [0.4, 0.5) is 13.2 Å². The molecule has 3 heterocycles. The Morgan fingerprint density at radius 1 is 1.12 bits per heavy atom. The molecule has 3 aromatic rings. The fourth-order valence-corrected chi connectivity index (χ4v) is 5.26. The third kappa shape index (κ3) is 6.59. The summed E-state index contributed by atoms with van der Waals surface area (Å²) in [6, 6.07) is 5.25. The largest absolute Gasteiger partial charge is 0.494 e. The van der Waals surface area contributed by atoms with Crippen molar-refractivity contribution < 1.29 is 31.9 Å². The molecule has 4 rings (SSSR count). The van der Waals surface area contributed by atoms with Crippen LogP contribution in [0, 0.1) is 5.92 Å². The Morgan fingerprint density at radius 2 is 1.81 bits per heavy atom. The van der Waals surface area contributed by atoms with E-state index >= 15 is 0 Å². The summed E-state index contributed by atoms with van der Waals surface area (Å²) in [4.78, 5) is 38.5. The second-order valence-electron chi connectivity index (χ2n) is 10.5. The predicted molar refractivity (Wildman–Crippen MR) is 152 cm³/mol. The molecule has 1 aromatic carbocycles. The van der Waals surface area contributed by atoms with E-state index in [0.717, 1.165) is 24.5 Å². The second kappa shape index (κ2) is 12.9. The molecule has 12 heteroatoms. The highest BCUT2D eigenvalue weighted by atomic mass is 19.4. The molecule has 1 aliphatic heterocycles. The molecule has 226 valence electrons. The number of halogens is 3. The van der Waals surface area contributed by atoms with E-state index < -0.39 is 11.9 Å². The molecule has 0 bridgehead atoms. The number of alkyl halides is 3. The molecule has 1 saturated heterocycles. The van der Waals surface area contributed by atoms with Crippen LogP contribution in [0.25, 0.3) is 22.4 Å². The number of benzene rings is 1. The number of ether oxygens (including phenoxy) is 1. The topological polar surface area (TPSA) is 115 Å². The van der Waals surface area contributed by atoms with E-state index in [1.54, 1.807) is 15.9 Å². The number of piperazine rings is 1. The lowest BCUT2D eigenvalue weighted by atomic mass is 9.94. The Balaban J connectivity index is 1.60. The minimum atomic E-state index is -4.64. The number of fused-ring (bicyclic) bond motifs is 1. The number of oxazole rings is 1. The van der Waals surface area contributed by atoms with E-state index in [0.29, 0.717) is 43.5 Å². The average molecular weight is 588 g/mol. The first-order valence-corrected chi connectivity index (χ1v) is 14.0. The zero-order valence-corrected chi connectivity index (χ0v) is 24.1. The number of nitrogens with zero attached hydrogens (tertiary/aromatic N) is 4. The standard InChI is InChI=1S/C30H36F3N5O4/c1-5-6-19(17-18(2)3)28(39)37-13-15-38(16-14-37)29(40)26-23(11-12-34)42-27(36-26)21-7-9-22(41-4)25-20(21)8-10-24(35-25)30(31,32)33/h7-10,19H,2,5-6,11-17,34H2,1,3-4H3. The molecule has 0 radical (unpaired) electrons. The van der Waals surface area contributed by atoms with Crippen molar-refractivity contribution in [1.82, 2.24) is 19.8 Å². The molecule has 0 spiro atoms. The van der Waals surface area contributed by atoms with Crippen LogP contribution in [0.3, 0.4) is 0 Å². The Kier molecular flexibility index (Phi) is 9.55. The number of carbonyl (C=O) groups is 2. The highest BCUT2D eigenvalue weighted by Gasteiger charge is 2.34. The Bertz CT molecular complexity index is 1460. The lowest BCUT2D eigenvalue weighted by Gasteiger charge is -2.36. The van der Waals surface area contributed by atoms with Gasteiger partial charge in [-0.2, -0.15) is 13.2 Å². The summed E-state index contributed by atoms with van der Waals surface area (Å²) in [6.45, 7) is 9.57. The molecule has 0 aliphatic carbocycles. The zero-order chi connectivity index (χ0) is 30.6. The van der Waals surface area contributed by atoms with Crippen LogP contribution in [0.1, 0.15) is 55.1 Å². The van der Waals surface area contributed by atoms with Crippen molar-refractivity contribution in [3.8, 4) is 17.2 Å². The smallest absolute Gasteiger partial charge is 0.433 e. The number of amides is 2. The lowest BCUT2D eigenvalue weighted by Crippen LogP contribution is -2.52. The number of aromatic nitrogens is 2. The molecule has 0 saturated carbocycles. The molecule has 2 amide bonds. The molecule has 42 heavy (non-hydrogen) atoms. The molecule has 2 aromatic heterocycles. The van der Waals surface area contributed by atoms with Crippen molar-refractivity contribution in [2.45, 2.75) is 45.7 Å². The Hall–Kier alpha value is -3.93. The van der Waals surface area contributed by atoms with Gasteiger partial charge in [-0.15, -0.1) is 6.58 Å². The van der Waals surface area contributed by atoms with Crippen molar-refractivity contribution in [3.05, 3.63) is 53.6 Å². The van der Waals surface area contributed by atoms with E-state index in [4.69, 9.17) is 14.9 Å². The molecule has 1 fully saturated rings. The average Bonchev–Trinajstić information content (AvgIpc) is 3.38. The molecular weight excluding hydrogens is 551 g/mol. The van der Waals surface area contributed by atoms with Gasteiger partial charge < -0.3 is 24.7 Å². The first kappa shape index (κ1) is 31.0. The van der Waals surface area contributed by atoms with Crippen molar-refractivity contribution in [2.75, 3.05) is 39.8 Å². The maximum absolute atomic E-state index is 13.6. The van der Waals surface area contributed by atoms with Crippen LogP contribution in [0.15, 0.2) is 40.8 Å². The van der Waals surface area contributed by atoms with Gasteiger partial charge in [-0.05, 0) is 50.6 Å². The number of methoxy groups -OCH3 is 1. The van der Waals surface area contributed by atoms with Crippen molar-refractivity contribution >= 4 is 22.7 Å². The third-order valence-corrected chi connectivity index (χ3v) is 7.29. The van der Waals surface area contributed by atoms with Gasteiger partial charge in [0, 0.05) is 49.5 Å². The number of hydrogen-bond acceptors (Lipinski definition) is 7. The molecule has 1 atom stereocenters. The molecular formula is C30H36F3N5O4. The summed E-state index contributed by atoms with van der Waals surface area (Å²) in [7, 11) is 1.34. The highest BCUT2D eigenvalue weighted by Crippen LogP contribution is 2.37.